The van der Waals surface area contributed by atoms with Gasteiger partial charge < -0.3 is 14.7 Å². The van der Waals surface area contributed by atoms with Gasteiger partial charge in [0.2, 0.25) is 23.5 Å². The Bertz CT molecular complexity index is 1050. The van der Waals surface area contributed by atoms with Gasteiger partial charge in [0.15, 0.2) is 0 Å². The molecular formula is C20H17ClN4O3. The van der Waals surface area contributed by atoms with E-state index in [2.05, 4.69) is 15.5 Å². The van der Waals surface area contributed by atoms with Crippen LogP contribution in [0, 0.1) is 12.8 Å². The number of rotatable bonds is 4. The number of aromatic nitrogens is 2. The number of nitrogens with zero attached hydrogens (tertiary/aromatic N) is 3. The van der Waals surface area contributed by atoms with Crippen LogP contribution >= 0.6 is 11.6 Å². The fourth-order valence-corrected chi connectivity index (χ4v) is 3.36. The number of amides is 2. The van der Waals surface area contributed by atoms with Crippen LogP contribution in [0.1, 0.15) is 12.3 Å². The van der Waals surface area contributed by atoms with Crippen LogP contribution in [0.4, 0.5) is 11.4 Å². The first-order valence-corrected chi connectivity index (χ1v) is 9.15. The molecule has 8 heteroatoms. The van der Waals surface area contributed by atoms with Crippen molar-refractivity contribution in [2.75, 3.05) is 16.8 Å². The molecule has 0 aliphatic carbocycles. The van der Waals surface area contributed by atoms with Gasteiger partial charge in [0.1, 0.15) is 0 Å². The summed E-state index contributed by atoms with van der Waals surface area (Å²) in [6, 6.07) is 14.2. The summed E-state index contributed by atoms with van der Waals surface area (Å²) >= 11 is 6.01. The Morgan fingerprint density at radius 3 is 2.82 bits per heavy atom. The lowest BCUT2D eigenvalue weighted by molar-refractivity contribution is -0.122. The average molecular weight is 397 g/mol. The van der Waals surface area contributed by atoms with E-state index < -0.39 is 5.92 Å². The van der Waals surface area contributed by atoms with Crippen LogP contribution in [-0.2, 0) is 9.59 Å². The molecule has 2 aromatic carbocycles. The van der Waals surface area contributed by atoms with Crippen molar-refractivity contribution in [3.05, 3.63) is 59.4 Å². The molecule has 2 amide bonds. The maximum Gasteiger partial charge on any atom is 0.229 e. The number of nitrogens with one attached hydrogen (secondary N) is 1. The van der Waals surface area contributed by atoms with Crippen LogP contribution in [0.3, 0.4) is 0 Å². The number of anilines is 2. The first-order chi connectivity index (χ1) is 13.5. The zero-order chi connectivity index (χ0) is 19.7. The van der Waals surface area contributed by atoms with Crippen molar-refractivity contribution >= 4 is 34.8 Å². The summed E-state index contributed by atoms with van der Waals surface area (Å²) < 4.78 is 4.99. The maximum absolute atomic E-state index is 12.7. The van der Waals surface area contributed by atoms with E-state index in [0.717, 1.165) is 5.56 Å². The van der Waals surface area contributed by atoms with E-state index in [4.69, 9.17) is 16.1 Å². The van der Waals surface area contributed by atoms with Crippen molar-refractivity contribution in [1.29, 1.82) is 0 Å². The maximum atomic E-state index is 12.7. The minimum absolute atomic E-state index is 0.0987. The van der Waals surface area contributed by atoms with Gasteiger partial charge in [-0.1, -0.05) is 35.0 Å². The summed E-state index contributed by atoms with van der Waals surface area (Å²) in [6.07, 6.45) is 0.155. The third-order valence-electron chi connectivity index (χ3n) is 4.53. The molecule has 1 atom stereocenters. The predicted octanol–water partition coefficient (Wildman–Crippen LogP) is 3.69. The Morgan fingerprint density at radius 2 is 2.07 bits per heavy atom. The third-order valence-corrected chi connectivity index (χ3v) is 4.77. The van der Waals surface area contributed by atoms with Crippen LogP contribution < -0.4 is 10.2 Å². The zero-order valence-corrected chi connectivity index (χ0v) is 15.8. The fourth-order valence-electron chi connectivity index (χ4n) is 3.17. The number of hydrogen-bond acceptors (Lipinski definition) is 5. The summed E-state index contributed by atoms with van der Waals surface area (Å²) in [6.45, 7) is 2.03. The zero-order valence-electron chi connectivity index (χ0n) is 15.1. The van der Waals surface area contributed by atoms with Gasteiger partial charge in [-0.25, -0.2) is 0 Å². The van der Waals surface area contributed by atoms with Crippen LogP contribution in [0.5, 0.6) is 0 Å². The number of carbonyl (C=O) groups is 2. The summed E-state index contributed by atoms with van der Waals surface area (Å²) in [7, 11) is 0. The van der Waals surface area contributed by atoms with E-state index >= 15 is 0 Å². The second-order valence-electron chi connectivity index (χ2n) is 6.59. The van der Waals surface area contributed by atoms with Crippen LogP contribution in [0.15, 0.2) is 53.1 Å². The Morgan fingerprint density at radius 1 is 1.25 bits per heavy atom. The SMILES string of the molecule is Cc1nc(-c2cccc(NC(=O)C3CC(=O)N(c4cccc(Cl)c4)C3)c2)no1. The highest BCUT2D eigenvalue weighted by atomic mass is 35.5. The van der Waals surface area contributed by atoms with E-state index in [-0.39, 0.29) is 18.2 Å². The highest BCUT2D eigenvalue weighted by Gasteiger charge is 2.35. The third kappa shape index (κ3) is 3.75. The molecular weight excluding hydrogens is 380 g/mol. The van der Waals surface area contributed by atoms with E-state index in [9.17, 15) is 9.59 Å². The standard InChI is InChI=1S/C20H17ClN4O3/c1-12-22-19(24-28-12)13-4-2-6-16(8-13)23-20(27)14-9-18(26)25(11-14)17-7-3-5-15(21)10-17/h2-8,10,14H,9,11H2,1H3,(H,23,27). The summed E-state index contributed by atoms with van der Waals surface area (Å²) in [5, 5.41) is 7.31. The summed E-state index contributed by atoms with van der Waals surface area (Å²) in [5.74, 6) is 0.173. The second kappa shape index (κ2) is 7.44. The summed E-state index contributed by atoms with van der Waals surface area (Å²) in [5.41, 5.74) is 2.04. The lowest BCUT2D eigenvalue weighted by Crippen LogP contribution is -2.28. The molecule has 1 saturated heterocycles. The molecule has 1 fully saturated rings. The number of carbonyl (C=O) groups excluding carboxylic acids is 2. The highest BCUT2D eigenvalue weighted by Crippen LogP contribution is 2.28. The molecule has 0 radical (unpaired) electrons. The number of halogens is 1. The molecule has 0 spiro atoms. The number of hydrogen-bond donors (Lipinski definition) is 1. The molecule has 28 heavy (non-hydrogen) atoms. The van der Waals surface area contributed by atoms with Crippen molar-refractivity contribution in [3.8, 4) is 11.4 Å². The van der Waals surface area contributed by atoms with E-state index in [1.54, 1.807) is 54.3 Å². The lowest BCUT2D eigenvalue weighted by atomic mass is 10.1. The molecule has 1 N–H and O–H groups in total. The van der Waals surface area contributed by atoms with Gasteiger partial charge in [-0.2, -0.15) is 4.98 Å². The van der Waals surface area contributed by atoms with Crippen LogP contribution in [0.25, 0.3) is 11.4 Å². The Kier molecular flexibility index (Phi) is 4.83. The van der Waals surface area contributed by atoms with Crippen LogP contribution in [-0.4, -0.2) is 28.5 Å². The van der Waals surface area contributed by atoms with Crippen molar-refractivity contribution in [1.82, 2.24) is 10.1 Å². The van der Waals surface area contributed by atoms with Crippen molar-refractivity contribution in [2.45, 2.75) is 13.3 Å². The van der Waals surface area contributed by atoms with Crippen LogP contribution in [0.2, 0.25) is 5.02 Å². The Hall–Kier alpha value is -3.19. The van der Waals surface area contributed by atoms with E-state index in [1.165, 1.54) is 0 Å². The Labute approximate surface area is 166 Å². The van der Waals surface area contributed by atoms with E-state index in [1.807, 2.05) is 6.07 Å². The molecule has 4 rings (SSSR count). The average Bonchev–Trinajstić information content (AvgIpc) is 3.28. The monoisotopic (exact) mass is 396 g/mol. The quantitative estimate of drug-likeness (QED) is 0.726. The van der Waals surface area contributed by atoms with Crippen molar-refractivity contribution < 1.29 is 14.1 Å². The van der Waals surface area contributed by atoms with Gasteiger partial charge in [-0.15, -0.1) is 0 Å². The minimum atomic E-state index is -0.442. The number of benzene rings is 2. The number of aryl methyl sites for hydroxylation is 1. The van der Waals surface area contributed by atoms with Gasteiger partial charge in [-0.05, 0) is 30.3 Å². The molecule has 1 aliphatic rings. The van der Waals surface area contributed by atoms with Gasteiger partial charge >= 0.3 is 0 Å². The molecule has 0 saturated carbocycles. The first kappa shape index (κ1) is 18.2. The Balaban J connectivity index is 1.46. The van der Waals surface area contributed by atoms with Crippen molar-refractivity contribution in [2.24, 2.45) is 5.92 Å². The topological polar surface area (TPSA) is 88.3 Å². The van der Waals surface area contributed by atoms with Gasteiger partial charge in [-0.3, -0.25) is 9.59 Å². The van der Waals surface area contributed by atoms with Gasteiger partial charge in [0, 0.05) is 41.9 Å². The van der Waals surface area contributed by atoms with Gasteiger partial charge in [0.05, 0.1) is 5.92 Å². The molecule has 3 aromatic rings. The molecule has 1 unspecified atom stereocenters. The lowest BCUT2D eigenvalue weighted by Gasteiger charge is -2.17. The normalized spacial score (nSPS) is 16.4. The molecule has 2 heterocycles. The van der Waals surface area contributed by atoms with Crippen molar-refractivity contribution in [3.63, 3.8) is 0 Å². The van der Waals surface area contributed by atoms with Gasteiger partial charge in [0.25, 0.3) is 0 Å². The fraction of sp³-hybridized carbons (Fsp3) is 0.200. The highest BCUT2D eigenvalue weighted by molar-refractivity contribution is 6.31. The molecule has 1 aromatic heterocycles. The predicted molar refractivity (Wildman–Crippen MR) is 105 cm³/mol. The molecule has 7 nitrogen and oxygen atoms in total. The smallest absolute Gasteiger partial charge is 0.229 e. The van der Waals surface area contributed by atoms with E-state index in [0.29, 0.717) is 34.7 Å². The molecule has 1 aliphatic heterocycles. The second-order valence-corrected chi connectivity index (χ2v) is 7.03. The largest absolute Gasteiger partial charge is 0.339 e. The first-order valence-electron chi connectivity index (χ1n) is 8.77. The minimum Gasteiger partial charge on any atom is -0.339 e. The molecule has 0 bridgehead atoms. The summed E-state index contributed by atoms with van der Waals surface area (Å²) in [4.78, 5) is 30.8. The molecule has 142 valence electrons.